The fraction of sp³-hybridized carbons (Fsp3) is 0.409. The van der Waals surface area contributed by atoms with E-state index in [1.807, 2.05) is 41.4 Å². The minimum atomic E-state index is -0.00969. The van der Waals surface area contributed by atoms with Gasteiger partial charge in [-0.3, -0.25) is 9.59 Å². The van der Waals surface area contributed by atoms with E-state index in [0.717, 1.165) is 48.7 Å². The molecule has 2 fully saturated rings. The Kier molecular flexibility index (Phi) is 5.55. The molecule has 1 aromatic carbocycles. The highest BCUT2D eigenvalue weighted by molar-refractivity contribution is 5.95. The normalized spacial score (nSPS) is 16.6. The molecule has 0 saturated carbocycles. The summed E-state index contributed by atoms with van der Waals surface area (Å²) in [5, 5.41) is 2.99. The van der Waals surface area contributed by atoms with E-state index in [-0.39, 0.29) is 11.8 Å². The highest BCUT2D eigenvalue weighted by Gasteiger charge is 2.21. The van der Waals surface area contributed by atoms with Gasteiger partial charge in [0, 0.05) is 44.5 Å². The number of carbonyl (C=O) groups excluding carboxylic acids is 2. The standard InChI is InChI=1S/C22H26N4O2/c27-21(15-17-5-7-19(8-6-17)26-13-3-4-22(26)28)24-16-18-9-10-23-20(14-18)25-11-1-2-12-25/h5-10,14H,1-4,11-13,15-16H2,(H,24,27). The van der Waals surface area contributed by atoms with Crippen molar-refractivity contribution in [3.8, 4) is 0 Å². The van der Waals surface area contributed by atoms with Crippen molar-refractivity contribution >= 4 is 23.3 Å². The van der Waals surface area contributed by atoms with Gasteiger partial charge in [0.05, 0.1) is 6.42 Å². The Morgan fingerprint density at radius 3 is 2.50 bits per heavy atom. The molecular formula is C22H26N4O2. The Labute approximate surface area is 165 Å². The van der Waals surface area contributed by atoms with E-state index in [9.17, 15) is 9.59 Å². The van der Waals surface area contributed by atoms with E-state index in [4.69, 9.17) is 0 Å². The molecule has 0 unspecified atom stereocenters. The summed E-state index contributed by atoms with van der Waals surface area (Å²) < 4.78 is 0. The first-order chi connectivity index (χ1) is 13.7. The average Bonchev–Trinajstić information content (AvgIpc) is 3.39. The summed E-state index contributed by atoms with van der Waals surface area (Å²) in [4.78, 5) is 32.7. The average molecular weight is 378 g/mol. The summed E-state index contributed by atoms with van der Waals surface area (Å²) >= 11 is 0. The number of carbonyl (C=O) groups is 2. The van der Waals surface area contributed by atoms with Crippen molar-refractivity contribution in [1.82, 2.24) is 10.3 Å². The largest absolute Gasteiger partial charge is 0.357 e. The van der Waals surface area contributed by atoms with Crippen molar-refractivity contribution < 1.29 is 9.59 Å². The Morgan fingerprint density at radius 1 is 1.00 bits per heavy atom. The van der Waals surface area contributed by atoms with Gasteiger partial charge in [-0.15, -0.1) is 0 Å². The molecule has 0 aliphatic carbocycles. The smallest absolute Gasteiger partial charge is 0.227 e. The van der Waals surface area contributed by atoms with Crippen molar-refractivity contribution in [2.45, 2.75) is 38.6 Å². The molecule has 6 nitrogen and oxygen atoms in total. The fourth-order valence-electron chi connectivity index (χ4n) is 3.85. The first kappa shape index (κ1) is 18.5. The van der Waals surface area contributed by atoms with Crippen LogP contribution in [-0.4, -0.2) is 36.4 Å². The number of benzene rings is 1. The lowest BCUT2D eigenvalue weighted by atomic mass is 10.1. The molecule has 2 aliphatic rings. The monoisotopic (exact) mass is 378 g/mol. The number of amides is 2. The number of aromatic nitrogens is 1. The van der Waals surface area contributed by atoms with E-state index < -0.39 is 0 Å². The summed E-state index contributed by atoms with van der Waals surface area (Å²) in [5.41, 5.74) is 2.92. The minimum absolute atomic E-state index is 0.00969. The predicted octanol–water partition coefficient (Wildman–Crippen LogP) is 2.67. The van der Waals surface area contributed by atoms with Gasteiger partial charge in [-0.2, -0.15) is 0 Å². The lowest BCUT2D eigenvalue weighted by Gasteiger charge is -2.17. The first-order valence-electron chi connectivity index (χ1n) is 10.0. The van der Waals surface area contributed by atoms with Crippen LogP contribution < -0.4 is 15.1 Å². The van der Waals surface area contributed by atoms with Crippen molar-refractivity contribution in [1.29, 1.82) is 0 Å². The highest BCUT2D eigenvalue weighted by Crippen LogP contribution is 2.22. The number of anilines is 2. The molecular weight excluding hydrogens is 352 g/mol. The van der Waals surface area contributed by atoms with Crippen molar-refractivity contribution in [2.24, 2.45) is 0 Å². The number of pyridine rings is 1. The molecule has 0 spiro atoms. The molecule has 0 atom stereocenters. The predicted molar refractivity (Wildman–Crippen MR) is 109 cm³/mol. The first-order valence-corrected chi connectivity index (χ1v) is 10.0. The number of rotatable bonds is 6. The van der Waals surface area contributed by atoms with Crippen LogP contribution in [0.25, 0.3) is 0 Å². The molecule has 1 N–H and O–H groups in total. The molecule has 0 radical (unpaired) electrons. The molecule has 1 aromatic heterocycles. The second kappa shape index (κ2) is 8.42. The minimum Gasteiger partial charge on any atom is -0.357 e. The maximum Gasteiger partial charge on any atom is 0.227 e. The van der Waals surface area contributed by atoms with Crippen LogP contribution in [0.2, 0.25) is 0 Å². The quantitative estimate of drug-likeness (QED) is 0.839. The van der Waals surface area contributed by atoms with Gasteiger partial charge in [-0.25, -0.2) is 4.98 Å². The van der Waals surface area contributed by atoms with Gasteiger partial charge in [0.25, 0.3) is 0 Å². The summed E-state index contributed by atoms with van der Waals surface area (Å²) in [5.74, 6) is 1.16. The van der Waals surface area contributed by atoms with Gasteiger partial charge in [-0.05, 0) is 54.7 Å². The van der Waals surface area contributed by atoms with Gasteiger partial charge in [0.1, 0.15) is 5.82 Å². The summed E-state index contributed by atoms with van der Waals surface area (Å²) in [6, 6.07) is 11.7. The fourth-order valence-corrected chi connectivity index (χ4v) is 3.85. The van der Waals surface area contributed by atoms with E-state index in [1.54, 1.807) is 0 Å². The molecule has 3 heterocycles. The maximum absolute atomic E-state index is 12.3. The second-order valence-electron chi connectivity index (χ2n) is 7.49. The van der Waals surface area contributed by atoms with Gasteiger partial charge in [0.15, 0.2) is 0 Å². The van der Waals surface area contributed by atoms with Crippen LogP contribution in [0.4, 0.5) is 11.5 Å². The van der Waals surface area contributed by atoms with E-state index in [2.05, 4.69) is 21.3 Å². The molecule has 2 amide bonds. The molecule has 146 valence electrons. The zero-order valence-corrected chi connectivity index (χ0v) is 16.1. The summed E-state index contributed by atoms with van der Waals surface area (Å²) in [6.45, 7) is 3.40. The maximum atomic E-state index is 12.3. The van der Waals surface area contributed by atoms with Crippen LogP contribution in [0.1, 0.15) is 36.8 Å². The van der Waals surface area contributed by atoms with Crippen LogP contribution in [0, 0.1) is 0 Å². The number of nitrogens with zero attached hydrogens (tertiary/aromatic N) is 3. The Morgan fingerprint density at radius 2 is 1.79 bits per heavy atom. The lowest BCUT2D eigenvalue weighted by molar-refractivity contribution is -0.120. The van der Waals surface area contributed by atoms with E-state index >= 15 is 0 Å². The summed E-state index contributed by atoms with van der Waals surface area (Å²) in [7, 11) is 0. The van der Waals surface area contributed by atoms with Crippen molar-refractivity contribution in [3.05, 3.63) is 53.7 Å². The third kappa shape index (κ3) is 4.32. The molecule has 6 heteroatoms. The van der Waals surface area contributed by atoms with Crippen LogP contribution in [0.15, 0.2) is 42.6 Å². The molecule has 28 heavy (non-hydrogen) atoms. The SMILES string of the molecule is O=C(Cc1ccc(N2CCCC2=O)cc1)NCc1ccnc(N2CCCC2)c1. The number of hydrogen-bond acceptors (Lipinski definition) is 4. The Bertz CT molecular complexity index is 844. The Balaban J connectivity index is 1.30. The van der Waals surface area contributed by atoms with Gasteiger partial charge in [0.2, 0.25) is 11.8 Å². The van der Waals surface area contributed by atoms with Crippen LogP contribution in [0.5, 0.6) is 0 Å². The number of nitrogens with one attached hydrogen (secondary N) is 1. The molecule has 2 aliphatic heterocycles. The third-order valence-electron chi connectivity index (χ3n) is 5.42. The molecule has 2 aromatic rings. The highest BCUT2D eigenvalue weighted by atomic mass is 16.2. The van der Waals surface area contributed by atoms with Crippen LogP contribution in [-0.2, 0) is 22.6 Å². The van der Waals surface area contributed by atoms with Crippen molar-refractivity contribution in [2.75, 3.05) is 29.4 Å². The van der Waals surface area contributed by atoms with Crippen LogP contribution in [0.3, 0.4) is 0 Å². The zero-order valence-electron chi connectivity index (χ0n) is 16.1. The number of hydrogen-bond donors (Lipinski definition) is 1. The third-order valence-corrected chi connectivity index (χ3v) is 5.42. The van der Waals surface area contributed by atoms with Crippen LogP contribution >= 0.6 is 0 Å². The lowest BCUT2D eigenvalue weighted by Crippen LogP contribution is -2.25. The summed E-state index contributed by atoms with van der Waals surface area (Å²) in [6.07, 6.45) is 6.11. The van der Waals surface area contributed by atoms with Crippen molar-refractivity contribution in [3.63, 3.8) is 0 Å². The molecule has 4 rings (SSSR count). The topological polar surface area (TPSA) is 65.5 Å². The zero-order chi connectivity index (χ0) is 19.3. The van der Waals surface area contributed by atoms with Gasteiger partial charge in [-0.1, -0.05) is 12.1 Å². The van der Waals surface area contributed by atoms with Gasteiger partial charge >= 0.3 is 0 Å². The molecule has 2 saturated heterocycles. The molecule has 0 bridgehead atoms. The van der Waals surface area contributed by atoms with Gasteiger partial charge < -0.3 is 15.1 Å². The van der Waals surface area contributed by atoms with E-state index in [1.165, 1.54) is 12.8 Å². The second-order valence-corrected chi connectivity index (χ2v) is 7.49. The Hall–Kier alpha value is -2.89. The van der Waals surface area contributed by atoms with E-state index in [0.29, 0.717) is 19.4 Å².